The van der Waals surface area contributed by atoms with Crippen LogP contribution in [-0.4, -0.2) is 25.1 Å². The lowest BCUT2D eigenvalue weighted by molar-refractivity contribution is 0.291. The summed E-state index contributed by atoms with van der Waals surface area (Å²) in [6.07, 6.45) is 17.2. The normalized spacial score (nSPS) is 11.4. The van der Waals surface area contributed by atoms with Crippen LogP contribution in [-0.2, 0) is 0 Å². The fourth-order valence-corrected chi connectivity index (χ4v) is 4.15. The zero-order valence-electron chi connectivity index (χ0n) is 18.8. The molecule has 0 saturated heterocycles. The van der Waals surface area contributed by atoms with Gasteiger partial charge in [-0.3, -0.25) is 4.48 Å². The lowest BCUT2D eigenvalue weighted by Crippen LogP contribution is -2.49. The topological polar surface area (TPSA) is 30.0 Å². The molecule has 1 N–H and O–H groups in total. The van der Waals surface area contributed by atoms with Gasteiger partial charge in [0.1, 0.15) is 5.69 Å². The predicted octanol–water partition coefficient (Wildman–Crippen LogP) is 7.87. The number of benzene rings is 1. The fourth-order valence-electron chi connectivity index (χ4n) is 4.15. The minimum Gasteiger partial charge on any atom is -0.870 e. The van der Waals surface area contributed by atoms with E-state index in [4.69, 9.17) is 0 Å². The van der Waals surface area contributed by atoms with Crippen LogP contribution in [0.5, 0.6) is 0 Å². The van der Waals surface area contributed by atoms with Crippen LogP contribution in [0.15, 0.2) is 24.3 Å². The van der Waals surface area contributed by atoms with Gasteiger partial charge in [-0.25, -0.2) is 0 Å². The second kappa shape index (κ2) is 16.1. The summed E-state index contributed by atoms with van der Waals surface area (Å²) < 4.78 is 1.15. The van der Waals surface area contributed by atoms with Gasteiger partial charge in [0, 0.05) is 0 Å². The Kier molecular flexibility index (Phi) is 15.6. The Morgan fingerprint density at radius 3 is 1.41 bits per heavy atom. The van der Waals surface area contributed by atoms with Crippen molar-refractivity contribution in [3.05, 3.63) is 29.8 Å². The minimum absolute atomic E-state index is 0. The molecule has 2 nitrogen and oxygen atoms in total. The molecule has 0 aromatic heterocycles. The van der Waals surface area contributed by atoms with Crippen molar-refractivity contribution < 1.29 is 5.48 Å². The Bertz CT molecular complexity index is 436. The molecular formula is C25H47NO. The van der Waals surface area contributed by atoms with Crippen molar-refractivity contribution in [1.29, 1.82) is 0 Å². The van der Waals surface area contributed by atoms with Gasteiger partial charge < -0.3 is 5.48 Å². The van der Waals surface area contributed by atoms with E-state index in [1.807, 2.05) is 0 Å². The standard InChI is InChI=1S/C25H46N.H2O/c1-5-8-9-10-11-12-13-14-15-16-17-18-23-26(6-2,7-3)25-21-19-24(4)20-22-25;/h19-22H,5-18,23H2,1-4H3;1H2/q+1;/p-1. The van der Waals surface area contributed by atoms with Crippen molar-refractivity contribution in [1.82, 2.24) is 4.48 Å². The first-order chi connectivity index (χ1) is 12.7. The molecule has 0 radical (unpaired) electrons. The van der Waals surface area contributed by atoms with Gasteiger partial charge in [0.05, 0.1) is 19.6 Å². The molecule has 27 heavy (non-hydrogen) atoms. The minimum atomic E-state index is 0. The largest absolute Gasteiger partial charge is 0.870 e. The summed E-state index contributed by atoms with van der Waals surface area (Å²) in [6.45, 7) is 12.9. The highest BCUT2D eigenvalue weighted by molar-refractivity contribution is 5.44. The predicted molar refractivity (Wildman–Crippen MR) is 122 cm³/mol. The first-order valence-corrected chi connectivity index (χ1v) is 11.6. The van der Waals surface area contributed by atoms with Gasteiger partial charge in [-0.1, -0.05) is 88.8 Å². The van der Waals surface area contributed by atoms with Crippen molar-refractivity contribution in [3.8, 4) is 0 Å². The van der Waals surface area contributed by atoms with E-state index in [0.717, 1.165) is 4.48 Å². The van der Waals surface area contributed by atoms with Crippen LogP contribution in [0.4, 0.5) is 5.69 Å². The molecule has 1 aromatic rings. The average Bonchev–Trinajstić information content (AvgIpc) is 2.67. The van der Waals surface area contributed by atoms with Crippen LogP contribution in [0.1, 0.15) is 103 Å². The molecular weight excluding hydrogens is 330 g/mol. The Balaban J connectivity index is 0.00000676. The number of nitrogens with zero attached hydrogens (tertiary/aromatic N) is 1. The van der Waals surface area contributed by atoms with Crippen molar-refractivity contribution >= 4 is 5.69 Å². The lowest BCUT2D eigenvalue weighted by atomic mass is 10.0. The van der Waals surface area contributed by atoms with E-state index in [9.17, 15) is 0 Å². The zero-order chi connectivity index (χ0) is 19.1. The van der Waals surface area contributed by atoms with Crippen molar-refractivity contribution in [3.63, 3.8) is 0 Å². The van der Waals surface area contributed by atoms with Crippen LogP contribution >= 0.6 is 0 Å². The van der Waals surface area contributed by atoms with Crippen LogP contribution in [0.2, 0.25) is 0 Å². The summed E-state index contributed by atoms with van der Waals surface area (Å²) in [5, 5.41) is 0. The number of hydrogen-bond acceptors (Lipinski definition) is 1. The molecule has 0 aliphatic heterocycles. The molecule has 0 spiro atoms. The number of unbranched alkanes of at least 4 members (excludes halogenated alkanes) is 11. The van der Waals surface area contributed by atoms with E-state index < -0.39 is 0 Å². The number of hydrogen-bond donors (Lipinski definition) is 0. The third-order valence-electron chi connectivity index (χ3n) is 6.23. The van der Waals surface area contributed by atoms with E-state index in [-0.39, 0.29) is 5.48 Å². The molecule has 0 aliphatic rings. The van der Waals surface area contributed by atoms with E-state index in [1.165, 1.54) is 108 Å². The molecule has 0 atom stereocenters. The molecule has 0 bridgehead atoms. The summed E-state index contributed by atoms with van der Waals surface area (Å²) in [7, 11) is 0. The van der Waals surface area contributed by atoms with Gasteiger partial charge in [-0.2, -0.15) is 0 Å². The van der Waals surface area contributed by atoms with Crippen molar-refractivity contribution in [2.75, 3.05) is 19.6 Å². The highest BCUT2D eigenvalue weighted by Crippen LogP contribution is 2.24. The monoisotopic (exact) mass is 377 g/mol. The summed E-state index contributed by atoms with van der Waals surface area (Å²) >= 11 is 0. The number of rotatable bonds is 16. The highest BCUT2D eigenvalue weighted by Gasteiger charge is 2.25. The van der Waals surface area contributed by atoms with Gasteiger partial charge in [-0.05, 0) is 45.7 Å². The summed E-state index contributed by atoms with van der Waals surface area (Å²) in [6, 6.07) is 9.25. The van der Waals surface area contributed by atoms with Crippen molar-refractivity contribution in [2.45, 2.75) is 105 Å². The zero-order valence-corrected chi connectivity index (χ0v) is 18.8. The Labute approximate surface area is 170 Å². The summed E-state index contributed by atoms with van der Waals surface area (Å²) in [5.74, 6) is 0. The summed E-state index contributed by atoms with van der Waals surface area (Å²) in [4.78, 5) is 0. The average molecular weight is 378 g/mol. The van der Waals surface area contributed by atoms with E-state index in [1.54, 1.807) is 0 Å². The number of aryl methyl sites for hydroxylation is 1. The van der Waals surface area contributed by atoms with E-state index >= 15 is 0 Å². The first kappa shape index (κ1) is 26.1. The first-order valence-electron chi connectivity index (χ1n) is 11.6. The molecule has 0 saturated carbocycles. The molecule has 1 rings (SSSR count). The second-order valence-electron chi connectivity index (χ2n) is 8.23. The maximum atomic E-state index is 2.35. The fraction of sp³-hybridized carbons (Fsp3) is 0.760. The van der Waals surface area contributed by atoms with Gasteiger partial charge in [0.25, 0.3) is 0 Å². The molecule has 2 heteroatoms. The Morgan fingerprint density at radius 1 is 0.593 bits per heavy atom. The van der Waals surface area contributed by atoms with Crippen molar-refractivity contribution in [2.24, 2.45) is 0 Å². The SMILES string of the molecule is CCCCCCCCCCCCCC[N+](CC)(CC)c1ccc(C)cc1.[OH-]. The van der Waals surface area contributed by atoms with Gasteiger partial charge in [-0.15, -0.1) is 0 Å². The molecule has 0 fully saturated rings. The van der Waals surface area contributed by atoms with Crippen LogP contribution in [0, 0.1) is 6.92 Å². The lowest BCUT2D eigenvalue weighted by Gasteiger charge is -2.36. The highest BCUT2D eigenvalue weighted by atomic mass is 16.0. The van der Waals surface area contributed by atoms with Crippen LogP contribution < -0.4 is 4.48 Å². The molecule has 0 unspecified atom stereocenters. The second-order valence-corrected chi connectivity index (χ2v) is 8.23. The maximum absolute atomic E-state index is 2.35. The summed E-state index contributed by atoms with van der Waals surface area (Å²) in [5.41, 5.74) is 2.87. The van der Waals surface area contributed by atoms with Gasteiger partial charge in [0.15, 0.2) is 0 Å². The molecule has 0 amide bonds. The molecule has 1 aromatic carbocycles. The van der Waals surface area contributed by atoms with Gasteiger partial charge >= 0.3 is 0 Å². The van der Waals surface area contributed by atoms with Crippen LogP contribution in [0.3, 0.4) is 0 Å². The molecule has 158 valence electrons. The number of quaternary nitrogens is 1. The quantitative estimate of drug-likeness (QED) is 0.213. The smallest absolute Gasteiger partial charge is 0.132 e. The third-order valence-corrected chi connectivity index (χ3v) is 6.23. The maximum Gasteiger partial charge on any atom is 0.132 e. The third kappa shape index (κ3) is 10.3. The molecule has 0 aliphatic carbocycles. The van der Waals surface area contributed by atoms with E-state index in [0.29, 0.717) is 0 Å². The Hall–Kier alpha value is -0.860. The van der Waals surface area contributed by atoms with E-state index in [2.05, 4.69) is 52.0 Å². The van der Waals surface area contributed by atoms with Crippen LogP contribution in [0.25, 0.3) is 0 Å². The Morgan fingerprint density at radius 2 is 1.00 bits per heavy atom. The molecule has 0 heterocycles. The van der Waals surface area contributed by atoms with Gasteiger partial charge in [0.2, 0.25) is 0 Å².